The molecule has 2 N–H and O–H groups in total. The molecule has 0 atom stereocenters. The van der Waals surface area contributed by atoms with Crippen molar-refractivity contribution in [2.24, 2.45) is 5.73 Å². The summed E-state index contributed by atoms with van der Waals surface area (Å²) in [5.74, 6) is 0.201. The smallest absolute Gasteiger partial charge is 0.249 e. The van der Waals surface area contributed by atoms with Crippen LogP contribution in [0.2, 0.25) is 0 Å². The van der Waals surface area contributed by atoms with Gasteiger partial charge < -0.3 is 10.5 Å². The Morgan fingerprint density at radius 2 is 1.73 bits per heavy atom. The topological polar surface area (TPSA) is 102 Å². The number of aromatic nitrogens is 2. The Hall–Kier alpha value is -4.50. The number of ether oxygens (including phenoxy) is 1. The number of nitrogens with zero attached hydrogens (tertiary/aromatic N) is 3. The van der Waals surface area contributed by atoms with Gasteiger partial charge in [0.05, 0.1) is 17.3 Å². The highest BCUT2D eigenvalue weighted by Gasteiger charge is 2.09. The summed E-state index contributed by atoms with van der Waals surface area (Å²) in [5.41, 5.74) is 9.38. The molecule has 6 heteroatoms. The fourth-order valence-corrected chi connectivity index (χ4v) is 3.00. The lowest BCUT2D eigenvalue weighted by molar-refractivity contribution is -0.112. The van der Waals surface area contributed by atoms with E-state index in [1.165, 1.54) is 0 Å². The number of nitrogens with two attached hydrogens (primary N) is 1. The predicted molar refractivity (Wildman–Crippen MR) is 130 cm³/mol. The van der Waals surface area contributed by atoms with Crippen LogP contribution in [0.3, 0.4) is 0 Å². The molecule has 0 saturated heterocycles. The van der Waals surface area contributed by atoms with E-state index >= 15 is 0 Å². The highest BCUT2D eigenvalue weighted by molar-refractivity contribution is 6.23. The molecule has 0 saturated carbocycles. The van der Waals surface area contributed by atoms with Crippen molar-refractivity contribution in [2.75, 3.05) is 0 Å². The molecule has 2 aromatic carbocycles. The first kappa shape index (κ1) is 23.2. The van der Waals surface area contributed by atoms with Crippen LogP contribution in [-0.4, -0.2) is 15.9 Å². The first-order valence-corrected chi connectivity index (χ1v) is 10.5. The van der Waals surface area contributed by atoms with Gasteiger partial charge in [-0.3, -0.25) is 9.78 Å². The third kappa shape index (κ3) is 6.74. The summed E-state index contributed by atoms with van der Waals surface area (Å²) >= 11 is 0. The number of hydrogen-bond acceptors (Lipinski definition) is 5. The molecule has 2 heterocycles. The number of carbonyl (C=O) groups is 1. The minimum atomic E-state index is -0.490. The standard InChI is InChI=1S/C24H19N3O2.C3H5N/c25-24(28)22(15-17-11-13-26-14-12-17)18-6-9-21(10-7-18)29-16-20-8-5-19-3-1-2-4-23(19)27-20;1-2-3-4/h1-15H,16H2,(H2,25,28);2H2,1H3/b22-15+;. The van der Waals surface area contributed by atoms with Gasteiger partial charge >= 0.3 is 0 Å². The van der Waals surface area contributed by atoms with E-state index in [0.29, 0.717) is 24.4 Å². The van der Waals surface area contributed by atoms with E-state index in [-0.39, 0.29) is 0 Å². The second-order valence-electron chi connectivity index (χ2n) is 7.02. The SMILES string of the molecule is CCC#N.NC(=O)/C(=C/c1ccncc1)c1ccc(OCc2ccc3ccccc3n2)cc1. The predicted octanol–water partition coefficient (Wildman–Crippen LogP) is 5.15. The van der Waals surface area contributed by atoms with Gasteiger partial charge in [-0.15, -0.1) is 0 Å². The monoisotopic (exact) mass is 436 g/mol. The molecule has 0 bridgehead atoms. The second kappa shape index (κ2) is 11.8. The maximum atomic E-state index is 11.9. The first-order valence-electron chi connectivity index (χ1n) is 10.5. The lowest BCUT2D eigenvalue weighted by atomic mass is 10.0. The summed E-state index contributed by atoms with van der Waals surface area (Å²) in [5, 5.41) is 8.72. The number of nitriles is 1. The largest absolute Gasteiger partial charge is 0.487 e. The molecule has 0 aliphatic rings. The van der Waals surface area contributed by atoms with Gasteiger partial charge in [-0.2, -0.15) is 5.26 Å². The summed E-state index contributed by atoms with van der Waals surface area (Å²) in [6, 6.07) is 24.8. The van der Waals surface area contributed by atoms with Crippen molar-refractivity contribution in [2.45, 2.75) is 20.0 Å². The van der Waals surface area contributed by atoms with Crippen molar-refractivity contribution in [1.82, 2.24) is 9.97 Å². The normalized spacial score (nSPS) is 10.6. The molecule has 6 nitrogen and oxygen atoms in total. The van der Waals surface area contributed by atoms with E-state index in [9.17, 15) is 4.79 Å². The summed E-state index contributed by atoms with van der Waals surface area (Å²) in [4.78, 5) is 20.5. The van der Waals surface area contributed by atoms with Gasteiger partial charge in [-0.25, -0.2) is 4.98 Å². The summed E-state index contributed by atoms with van der Waals surface area (Å²) < 4.78 is 5.85. The zero-order chi connectivity index (χ0) is 23.5. The fraction of sp³-hybridized carbons (Fsp3) is 0.111. The lowest BCUT2D eigenvalue weighted by Gasteiger charge is -2.09. The molecule has 2 aromatic heterocycles. The van der Waals surface area contributed by atoms with Crippen molar-refractivity contribution in [3.05, 3.63) is 102 Å². The maximum Gasteiger partial charge on any atom is 0.249 e. The van der Waals surface area contributed by atoms with Crippen molar-refractivity contribution in [3.8, 4) is 11.8 Å². The van der Waals surface area contributed by atoms with E-state index in [2.05, 4.69) is 9.97 Å². The summed E-state index contributed by atoms with van der Waals surface area (Å²) in [7, 11) is 0. The van der Waals surface area contributed by atoms with E-state index in [4.69, 9.17) is 15.7 Å². The first-order chi connectivity index (χ1) is 16.1. The van der Waals surface area contributed by atoms with Crippen molar-refractivity contribution in [3.63, 3.8) is 0 Å². The van der Waals surface area contributed by atoms with Crippen LogP contribution in [0, 0.1) is 11.3 Å². The van der Waals surface area contributed by atoms with Crippen LogP contribution in [0.5, 0.6) is 5.75 Å². The average molecular weight is 437 g/mol. The van der Waals surface area contributed by atoms with Crippen LogP contribution in [0.1, 0.15) is 30.2 Å². The third-order valence-electron chi connectivity index (χ3n) is 4.65. The Morgan fingerprint density at radius 3 is 2.39 bits per heavy atom. The number of carbonyl (C=O) groups excluding carboxylic acids is 1. The fourth-order valence-electron chi connectivity index (χ4n) is 3.00. The summed E-state index contributed by atoms with van der Waals surface area (Å²) in [6.45, 7) is 2.18. The lowest BCUT2D eigenvalue weighted by Crippen LogP contribution is -2.12. The minimum Gasteiger partial charge on any atom is -0.487 e. The maximum absolute atomic E-state index is 11.9. The highest BCUT2D eigenvalue weighted by atomic mass is 16.5. The molecule has 4 rings (SSSR count). The van der Waals surface area contributed by atoms with Gasteiger partial charge in [0.15, 0.2) is 0 Å². The number of pyridine rings is 2. The number of amides is 1. The van der Waals surface area contributed by atoms with Crippen LogP contribution in [0.25, 0.3) is 22.6 Å². The molecule has 0 aliphatic heterocycles. The Morgan fingerprint density at radius 1 is 1.03 bits per heavy atom. The van der Waals surface area contributed by atoms with E-state index in [0.717, 1.165) is 27.7 Å². The number of fused-ring (bicyclic) bond motifs is 1. The Balaban J connectivity index is 0.000000709. The third-order valence-corrected chi connectivity index (χ3v) is 4.65. The molecule has 33 heavy (non-hydrogen) atoms. The van der Waals surface area contributed by atoms with Crippen LogP contribution in [0.4, 0.5) is 0 Å². The Bertz CT molecular complexity index is 1280. The Kier molecular flexibility index (Phi) is 8.27. The Labute approximate surface area is 193 Å². The minimum absolute atomic E-state index is 0.361. The number of para-hydroxylation sites is 1. The molecule has 0 fully saturated rings. The van der Waals surface area contributed by atoms with E-state index in [1.807, 2.05) is 85.8 Å². The summed E-state index contributed by atoms with van der Waals surface area (Å²) in [6.07, 6.45) is 5.71. The molecule has 0 spiro atoms. The van der Waals surface area contributed by atoms with Crippen LogP contribution in [0.15, 0.2) is 85.2 Å². The molecule has 0 unspecified atom stereocenters. The van der Waals surface area contributed by atoms with E-state index < -0.39 is 5.91 Å². The van der Waals surface area contributed by atoms with Crippen molar-refractivity contribution >= 4 is 28.5 Å². The molecular weight excluding hydrogens is 412 g/mol. The zero-order valence-corrected chi connectivity index (χ0v) is 18.3. The second-order valence-corrected chi connectivity index (χ2v) is 7.02. The van der Waals surface area contributed by atoms with Crippen molar-refractivity contribution < 1.29 is 9.53 Å². The molecule has 164 valence electrons. The molecule has 0 radical (unpaired) electrons. The molecule has 4 aromatic rings. The highest BCUT2D eigenvalue weighted by Crippen LogP contribution is 2.22. The molecule has 1 amide bonds. The number of hydrogen-bond donors (Lipinski definition) is 1. The van der Waals surface area contributed by atoms with Gasteiger partial charge in [-0.05, 0) is 53.6 Å². The van der Waals surface area contributed by atoms with Gasteiger partial charge in [-0.1, -0.05) is 43.3 Å². The molecular formula is C27H24N4O2. The molecule has 0 aliphatic carbocycles. The van der Waals surface area contributed by atoms with Gasteiger partial charge in [0.2, 0.25) is 5.91 Å². The zero-order valence-electron chi connectivity index (χ0n) is 18.3. The number of primary amides is 1. The average Bonchev–Trinajstić information content (AvgIpc) is 2.87. The van der Waals surface area contributed by atoms with Crippen molar-refractivity contribution in [1.29, 1.82) is 5.26 Å². The van der Waals surface area contributed by atoms with Gasteiger partial charge in [0.25, 0.3) is 0 Å². The van der Waals surface area contributed by atoms with Crippen LogP contribution >= 0.6 is 0 Å². The van der Waals surface area contributed by atoms with Crippen LogP contribution < -0.4 is 10.5 Å². The van der Waals surface area contributed by atoms with Gasteiger partial charge in [0.1, 0.15) is 12.4 Å². The van der Waals surface area contributed by atoms with Gasteiger partial charge in [0, 0.05) is 29.8 Å². The quantitative estimate of drug-likeness (QED) is 0.421. The van der Waals surface area contributed by atoms with E-state index in [1.54, 1.807) is 18.5 Å². The number of benzene rings is 2. The number of rotatable bonds is 6. The van der Waals surface area contributed by atoms with Crippen LogP contribution in [-0.2, 0) is 11.4 Å².